The van der Waals surface area contributed by atoms with Crippen molar-refractivity contribution in [2.45, 2.75) is 19.4 Å². The number of para-hydroxylation sites is 1. The van der Waals surface area contributed by atoms with Crippen LogP contribution in [0.1, 0.15) is 12.5 Å². The fourth-order valence-corrected chi connectivity index (χ4v) is 3.93. The van der Waals surface area contributed by atoms with Crippen LogP contribution in [-0.2, 0) is 20.7 Å². The van der Waals surface area contributed by atoms with Gasteiger partial charge in [0, 0.05) is 36.7 Å². The van der Waals surface area contributed by atoms with Gasteiger partial charge < -0.3 is 20.3 Å². The molecular weight excluding hydrogens is 380 g/mol. The number of fused-ring (bicyclic) bond motifs is 1. The van der Waals surface area contributed by atoms with Gasteiger partial charge in [-0.3, -0.25) is 14.5 Å². The van der Waals surface area contributed by atoms with Gasteiger partial charge in [-0.05, 0) is 49.2 Å². The maximum absolute atomic E-state index is 12.9. The van der Waals surface area contributed by atoms with Crippen LogP contribution in [0, 0.1) is 0 Å². The Morgan fingerprint density at radius 3 is 2.47 bits per heavy atom. The van der Waals surface area contributed by atoms with Crippen molar-refractivity contribution in [1.29, 1.82) is 0 Å². The average Bonchev–Trinajstić information content (AvgIpc) is 3.19. The van der Waals surface area contributed by atoms with Crippen LogP contribution < -0.4 is 15.5 Å². The summed E-state index contributed by atoms with van der Waals surface area (Å²) < 4.78 is 5.30. The number of carbonyl (C=O) groups is 2. The van der Waals surface area contributed by atoms with Gasteiger partial charge in [0.25, 0.3) is 0 Å². The highest BCUT2D eigenvalue weighted by Gasteiger charge is 2.27. The average molecular weight is 409 g/mol. The molecule has 158 valence electrons. The zero-order valence-corrected chi connectivity index (χ0v) is 17.3. The summed E-state index contributed by atoms with van der Waals surface area (Å²) in [5.41, 5.74) is 3.81. The standard InChI is InChI=1S/C23H28N4O3/c1-17(23(29)27-11-10-18-4-2-3-5-21(18)27)24-19-6-8-20(9-7-19)25-22(28)16-26-12-14-30-15-13-26/h2-9,17,24H,10-16H2,1H3,(H,25,28). The molecule has 0 radical (unpaired) electrons. The Bertz CT molecular complexity index is 894. The van der Waals surface area contributed by atoms with E-state index in [2.05, 4.69) is 21.6 Å². The van der Waals surface area contributed by atoms with Gasteiger partial charge in [0.2, 0.25) is 11.8 Å². The van der Waals surface area contributed by atoms with Crippen molar-refractivity contribution in [2.24, 2.45) is 0 Å². The molecule has 2 aromatic carbocycles. The zero-order valence-electron chi connectivity index (χ0n) is 17.3. The number of carbonyl (C=O) groups excluding carboxylic acids is 2. The summed E-state index contributed by atoms with van der Waals surface area (Å²) in [5.74, 6) is 0.0247. The molecular formula is C23H28N4O3. The lowest BCUT2D eigenvalue weighted by Gasteiger charge is -2.25. The van der Waals surface area contributed by atoms with Gasteiger partial charge in [-0.2, -0.15) is 0 Å². The van der Waals surface area contributed by atoms with E-state index in [4.69, 9.17) is 4.74 Å². The van der Waals surface area contributed by atoms with Crippen molar-refractivity contribution in [3.63, 3.8) is 0 Å². The summed E-state index contributed by atoms with van der Waals surface area (Å²) in [5, 5.41) is 6.19. The number of morpholine rings is 1. The number of nitrogens with zero attached hydrogens (tertiary/aromatic N) is 2. The second kappa shape index (κ2) is 9.28. The van der Waals surface area contributed by atoms with E-state index in [1.54, 1.807) is 0 Å². The minimum atomic E-state index is -0.349. The summed E-state index contributed by atoms with van der Waals surface area (Å²) >= 11 is 0. The molecule has 0 bridgehead atoms. The topological polar surface area (TPSA) is 73.9 Å². The lowest BCUT2D eigenvalue weighted by molar-refractivity contribution is -0.119. The van der Waals surface area contributed by atoms with E-state index in [1.807, 2.05) is 54.3 Å². The van der Waals surface area contributed by atoms with Crippen molar-refractivity contribution in [1.82, 2.24) is 4.90 Å². The molecule has 2 aromatic rings. The maximum atomic E-state index is 12.9. The van der Waals surface area contributed by atoms with Crippen LogP contribution in [0.4, 0.5) is 17.1 Å². The number of ether oxygens (including phenoxy) is 1. The summed E-state index contributed by atoms with van der Waals surface area (Å²) in [7, 11) is 0. The molecule has 7 nitrogen and oxygen atoms in total. The van der Waals surface area contributed by atoms with E-state index in [0.717, 1.165) is 43.1 Å². The summed E-state index contributed by atoms with van der Waals surface area (Å²) in [6, 6.07) is 15.2. The van der Waals surface area contributed by atoms with Crippen molar-refractivity contribution in [3.8, 4) is 0 Å². The molecule has 4 rings (SSSR count). The molecule has 0 aromatic heterocycles. The van der Waals surface area contributed by atoms with E-state index in [9.17, 15) is 9.59 Å². The fourth-order valence-electron chi connectivity index (χ4n) is 3.93. The third kappa shape index (κ3) is 4.80. The third-order valence-corrected chi connectivity index (χ3v) is 5.55. The molecule has 7 heteroatoms. The number of hydrogen-bond acceptors (Lipinski definition) is 5. The first-order valence-corrected chi connectivity index (χ1v) is 10.5. The first-order chi connectivity index (χ1) is 14.6. The Morgan fingerprint density at radius 2 is 1.70 bits per heavy atom. The summed E-state index contributed by atoms with van der Waals surface area (Å²) in [6.45, 7) is 5.88. The van der Waals surface area contributed by atoms with Crippen LogP contribution in [0.5, 0.6) is 0 Å². The van der Waals surface area contributed by atoms with E-state index in [1.165, 1.54) is 5.56 Å². The number of hydrogen-bond donors (Lipinski definition) is 2. The van der Waals surface area contributed by atoms with Gasteiger partial charge in [0.15, 0.2) is 0 Å². The molecule has 0 aliphatic carbocycles. The van der Waals surface area contributed by atoms with Gasteiger partial charge >= 0.3 is 0 Å². The Labute approximate surface area is 177 Å². The highest BCUT2D eigenvalue weighted by molar-refractivity contribution is 6.00. The van der Waals surface area contributed by atoms with E-state index >= 15 is 0 Å². The predicted octanol–water partition coefficient (Wildman–Crippen LogP) is 2.35. The molecule has 1 fully saturated rings. The van der Waals surface area contributed by atoms with Crippen LogP contribution >= 0.6 is 0 Å². The monoisotopic (exact) mass is 408 g/mol. The van der Waals surface area contributed by atoms with Gasteiger partial charge in [0.05, 0.1) is 19.8 Å². The molecule has 30 heavy (non-hydrogen) atoms. The molecule has 0 spiro atoms. The lowest BCUT2D eigenvalue weighted by Crippen LogP contribution is -2.41. The predicted molar refractivity (Wildman–Crippen MR) is 118 cm³/mol. The minimum absolute atomic E-state index is 0.0335. The van der Waals surface area contributed by atoms with Crippen LogP contribution in [0.25, 0.3) is 0 Å². The van der Waals surface area contributed by atoms with Crippen molar-refractivity contribution in [2.75, 3.05) is 54.9 Å². The Morgan fingerprint density at radius 1 is 1.00 bits per heavy atom. The summed E-state index contributed by atoms with van der Waals surface area (Å²) in [4.78, 5) is 29.1. The van der Waals surface area contributed by atoms with Crippen molar-refractivity contribution < 1.29 is 14.3 Å². The van der Waals surface area contributed by atoms with E-state index < -0.39 is 0 Å². The second-order valence-electron chi connectivity index (χ2n) is 7.75. The maximum Gasteiger partial charge on any atom is 0.249 e. The molecule has 2 aliphatic rings. The molecule has 2 aliphatic heterocycles. The van der Waals surface area contributed by atoms with Gasteiger partial charge in [-0.25, -0.2) is 0 Å². The third-order valence-electron chi connectivity index (χ3n) is 5.55. The van der Waals surface area contributed by atoms with Crippen LogP contribution in [-0.4, -0.2) is 62.1 Å². The van der Waals surface area contributed by atoms with E-state index in [-0.39, 0.29) is 17.9 Å². The number of anilines is 3. The SMILES string of the molecule is CC(Nc1ccc(NC(=O)CN2CCOCC2)cc1)C(=O)N1CCc2ccccc21. The molecule has 2 amide bonds. The Hall–Kier alpha value is -2.90. The van der Waals surface area contributed by atoms with Crippen LogP contribution in [0.15, 0.2) is 48.5 Å². The minimum Gasteiger partial charge on any atom is -0.379 e. The first kappa shape index (κ1) is 20.4. The molecule has 1 unspecified atom stereocenters. The van der Waals surface area contributed by atoms with Gasteiger partial charge in [0.1, 0.15) is 6.04 Å². The van der Waals surface area contributed by atoms with Gasteiger partial charge in [-0.15, -0.1) is 0 Å². The highest BCUT2D eigenvalue weighted by atomic mass is 16.5. The fraction of sp³-hybridized carbons (Fsp3) is 0.391. The Balaban J connectivity index is 1.30. The zero-order chi connectivity index (χ0) is 20.9. The number of nitrogens with one attached hydrogen (secondary N) is 2. The smallest absolute Gasteiger partial charge is 0.249 e. The molecule has 0 saturated carbocycles. The van der Waals surface area contributed by atoms with E-state index in [0.29, 0.717) is 19.8 Å². The molecule has 2 N–H and O–H groups in total. The largest absolute Gasteiger partial charge is 0.379 e. The normalized spacial score (nSPS) is 17.3. The second-order valence-corrected chi connectivity index (χ2v) is 7.75. The number of benzene rings is 2. The molecule has 2 heterocycles. The van der Waals surface area contributed by atoms with Crippen molar-refractivity contribution >= 4 is 28.9 Å². The lowest BCUT2D eigenvalue weighted by atomic mass is 10.2. The van der Waals surface area contributed by atoms with Gasteiger partial charge in [-0.1, -0.05) is 18.2 Å². The quantitative estimate of drug-likeness (QED) is 0.768. The summed E-state index contributed by atoms with van der Waals surface area (Å²) in [6.07, 6.45) is 0.896. The van der Waals surface area contributed by atoms with Crippen LogP contribution in [0.2, 0.25) is 0 Å². The Kier molecular flexibility index (Phi) is 6.30. The number of amides is 2. The molecule has 1 saturated heterocycles. The first-order valence-electron chi connectivity index (χ1n) is 10.5. The molecule has 1 atom stereocenters. The van der Waals surface area contributed by atoms with Crippen molar-refractivity contribution in [3.05, 3.63) is 54.1 Å². The highest BCUT2D eigenvalue weighted by Crippen LogP contribution is 2.28. The number of rotatable bonds is 6. The van der Waals surface area contributed by atoms with Crippen LogP contribution in [0.3, 0.4) is 0 Å².